The van der Waals surface area contributed by atoms with Crippen molar-refractivity contribution in [3.63, 3.8) is 0 Å². The van der Waals surface area contributed by atoms with Gasteiger partial charge in [-0.3, -0.25) is 4.79 Å². The van der Waals surface area contributed by atoms with Gasteiger partial charge in [0.25, 0.3) is 0 Å². The second-order valence-corrected chi connectivity index (χ2v) is 14.5. The molecule has 5 aliphatic rings. The maximum atomic E-state index is 12.8. The smallest absolute Gasteiger partial charge is 0.309 e. The number of allylic oxidation sites excluding steroid dienone is 1. The lowest BCUT2D eigenvalue weighted by Crippen LogP contribution is -2.67. The zero-order valence-corrected chi connectivity index (χ0v) is 22.4. The summed E-state index contributed by atoms with van der Waals surface area (Å²) in [6.45, 7) is 14.2. The molecule has 4 heteroatoms. The summed E-state index contributed by atoms with van der Waals surface area (Å²) in [5, 5.41) is 31.3. The third-order valence-corrected chi connectivity index (χ3v) is 13.6. The monoisotopic (exact) mass is 472 g/mol. The molecule has 10 atom stereocenters. The first-order valence-corrected chi connectivity index (χ1v) is 14.0. The number of aliphatic hydroxyl groups excluding tert-OH is 2. The Morgan fingerprint density at radius 3 is 2.18 bits per heavy atom. The van der Waals surface area contributed by atoms with Gasteiger partial charge < -0.3 is 15.3 Å². The Kier molecular flexibility index (Phi) is 5.43. The van der Waals surface area contributed by atoms with E-state index in [1.165, 1.54) is 25.5 Å². The number of aliphatic carboxylic acids is 1. The highest BCUT2D eigenvalue weighted by Crippen LogP contribution is 2.77. The third-order valence-electron chi connectivity index (χ3n) is 13.6. The highest BCUT2D eigenvalue weighted by atomic mass is 16.4. The number of carboxylic acids is 1. The molecule has 4 nitrogen and oxygen atoms in total. The van der Waals surface area contributed by atoms with Gasteiger partial charge in [0.1, 0.15) is 0 Å². The minimum absolute atomic E-state index is 0.0450. The molecule has 0 aromatic heterocycles. The average molecular weight is 473 g/mol. The Labute approximate surface area is 206 Å². The molecule has 5 rings (SSSR count). The van der Waals surface area contributed by atoms with Gasteiger partial charge in [0.15, 0.2) is 0 Å². The first-order chi connectivity index (χ1) is 15.8. The minimum atomic E-state index is -0.625. The predicted molar refractivity (Wildman–Crippen MR) is 134 cm³/mol. The number of rotatable bonds is 2. The van der Waals surface area contributed by atoms with Crippen molar-refractivity contribution >= 4 is 5.97 Å². The summed E-state index contributed by atoms with van der Waals surface area (Å²) in [6.07, 6.45) is 11.1. The summed E-state index contributed by atoms with van der Waals surface area (Å²) in [4.78, 5) is 12.8. The van der Waals surface area contributed by atoms with Gasteiger partial charge in [-0.1, -0.05) is 34.6 Å². The van der Waals surface area contributed by atoms with Crippen molar-refractivity contribution in [2.75, 3.05) is 0 Å². The van der Waals surface area contributed by atoms with Gasteiger partial charge >= 0.3 is 5.97 Å². The minimum Gasteiger partial charge on any atom is -0.516 e. The molecule has 0 amide bonds. The standard InChI is InChI=1S/C30H48O4/c1-18(17-31)19-9-14-30(25(33)34)16-15-28(5)20(24(19)30)7-8-22-27(4)12-11-23(32)26(2,3)21(27)10-13-29(22,28)6/h17,19-24,31-32H,7-16H2,1-6H3,(H,33,34)/b18-17-/t19-,20+,21-,22+,23-,24+,27-,28+,29+,30-/m0/s1. The van der Waals surface area contributed by atoms with E-state index in [2.05, 4.69) is 34.6 Å². The lowest BCUT2D eigenvalue weighted by molar-refractivity contribution is -0.248. The van der Waals surface area contributed by atoms with Crippen LogP contribution in [-0.2, 0) is 4.79 Å². The second kappa shape index (κ2) is 7.49. The summed E-state index contributed by atoms with van der Waals surface area (Å²) in [5.74, 6) is 1.27. The summed E-state index contributed by atoms with van der Waals surface area (Å²) >= 11 is 0. The van der Waals surface area contributed by atoms with E-state index in [1.54, 1.807) is 0 Å². The van der Waals surface area contributed by atoms with Crippen LogP contribution in [0.5, 0.6) is 0 Å². The van der Waals surface area contributed by atoms with Crippen molar-refractivity contribution in [1.29, 1.82) is 0 Å². The molecule has 34 heavy (non-hydrogen) atoms. The van der Waals surface area contributed by atoms with E-state index in [-0.39, 0.29) is 39.6 Å². The van der Waals surface area contributed by atoms with Crippen LogP contribution < -0.4 is 0 Å². The lowest BCUT2D eigenvalue weighted by atomic mass is 9.32. The van der Waals surface area contributed by atoms with Crippen molar-refractivity contribution in [3.8, 4) is 0 Å². The summed E-state index contributed by atoms with van der Waals surface area (Å²) in [7, 11) is 0. The molecule has 0 aromatic rings. The number of hydrogen-bond donors (Lipinski definition) is 3. The number of fused-ring (bicyclic) bond motifs is 7. The number of carboxylic acid groups (broad SMARTS) is 1. The van der Waals surface area contributed by atoms with E-state index in [1.807, 2.05) is 6.92 Å². The van der Waals surface area contributed by atoms with Crippen molar-refractivity contribution in [2.45, 2.75) is 112 Å². The van der Waals surface area contributed by atoms with Crippen LogP contribution in [0.3, 0.4) is 0 Å². The molecule has 0 radical (unpaired) electrons. The highest BCUT2D eigenvalue weighted by Gasteiger charge is 2.72. The number of hydrogen-bond acceptors (Lipinski definition) is 3. The zero-order chi connectivity index (χ0) is 24.9. The molecule has 0 aliphatic heterocycles. The maximum Gasteiger partial charge on any atom is 0.309 e. The normalized spacial score (nSPS) is 54.4. The molecule has 0 bridgehead atoms. The molecule has 5 fully saturated rings. The molecular weight excluding hydrogens is 424 g/mol. The SMILES string of the molecule is C/C(=C/O)[C@@H]1CC[C@]2(C(=O)O)CC[C@]3(C)[C@H](CC[C@@H]4[C@@]5(C)CC[C@H](O)C(C)(C)[C@@H]5CC[C@]43C)[C@@H]12. The van der Waals surface area contributed by atoms with E-state index < -0.39 is 11.4 Å². The first kappa shape index (κ1) is 24.7. The Morgan fingerprint density at radius 1 is 0.824 bits per heavy atom. The Hall–Kier alpha value is -1.03. The van der Waals surface area contributed by atoms with Crippen LogP contribution in [-0.4, -0.2) is 27.4 Å². The van der Waals surface area contributed by atoms with Crippen molar-refractivity contribution in [3.05, 3.63) is 11.8 Å². The van der Waals surface area contributed by atoms with Crippen LogP contribution in [0.4, 0.5) is 0 Å². The summed E-state index contributed by atoms with van der Waals surface area (Å²) in [5.41, 5.74) is 0.849. The molecule has 0 heterocycles. The van der Waals surface area contributed by atoms with E-state index >= 15 is 0 Å². The van der Waals surface area contributed by atoms with Crippen LogP contribution in [0.1, 0.15) is 106 Å². The average Bonchev–Trinajstić information content (AvgIpc) is 3.18. The van der Waals surface area contributed by atoms with Crippen LogP contribution in [0.15, 0.2) is 11.8 Å². The molecule has 0 saturated heterocycles. The van der Waals surface area contributed by atoms with Gasteiger partial charge in [-0.25, -0.2) is 0 Å². The van der Waals surface area contributed by atoms with Gasteiger partial charge in [0.2, 0.25) is 0 Å². The van der Waals surface area contributed by atoms with Crippen molar-refractivity contribution in [1.82, 2.24) is 0 Å². The first-order valence-electron chi connectivity index (χ1n) is 14.0. The third kappa shape index (κ3) is 2.78. The molecule has 5 saturated carbocycles. The van der Waals surface area contributed by atoms with Crippen LogP contribution in [0.2, 0.25) is 0 Å². The fraction of sp³-hybridized carbons (Fsp3) is 0.900. The van der Waals surface area contributed by atoms with E-state index in [0.717, 1.165) is 50.5 Å². The van der Waals surface area contributed by atoms with Crippen LogP contribution in [0.25, 0.3) is 0 Å². The maximum absolute atomic E-state index is 12.8. The fourth-order valence-electron chi connectivity index (χ4n) is 11.6. The van der Waals surface area contributed by atoms with Gasteiger partial charge in [0, 0.05) is 0 Å². The summed E-state index contributed by atoms with van der Waals surface area (Å²) in [6, 6.07) is 0. The lowest BCUT2D eigenvalue weighted by Gasteiger charge is -2.72. The van der Waals surface area contributed by atoms with Gasteiger partial charge in [-0.05, 0) is 128 Å². The van der Waals surface area contributed by atoms with Crippen LogP contribution >= 0.6 is 0 Å². The highest BCUT2D eigenvalue weighted by molar-refractivity contribution is 5.76. The van der Waals surface area contributed by atoms with Gasteiger partial charge in [-0.2, -0.15) is 0 Å². The molecule has 0 unspecified atom stereocenters. The van der Waals surface area contributed by atoms with E-state index in [9.17, 15) is 20.1 Å². The Bertz CT molecular complexity index is 892. The van der Waals surface area contributed by atoms with Gasteiger partial charge in [0.05, 0.1) is 17.8 Å². The van der Waals surface area contributed by atoms with Crippen molar-refractivity contribution in [2.24, 2.45) is 56.7 Å². The quantitative estimate of drug-likeness (QED) is 0.379. The molecular formula is C30H48O4. The van der Waals surface area contributed by atoms with Gasteiger partial charge in [-0.15, -0.1) is 0 Å². The van der Waals surface area contributed by atoms with E-state index in [4.69, 9.17) is 0 Å². The van der Waals surface area contributed by atoms with Crippen LogP contribution in [0, 0.1) is 56.7 Å². The molecule has 0 aromatic carbocycles. The number of carbonyl (C=O) groups is 1. The number of aliphatic hydroxyl groups is 2. The predicted octanol–water partition coefficient (Wildman–Crippen LogP) is 6.98. The Morgan fingerprint density at radius 2 is 1.53 bits per heavy atom. The Balaban J connectivity index is 1.57. The summed E-state index contributed by atoms with van der Waals surface area (Å²) < 4.78 is 0. The fourth-order valence-corrected chi connectivity index (χ4v) is 11.6. The zero-order valence-electron chi connectivity index (χ0n) is 22.4. The van der Waals surface area contributed by atoms with Crippen molar-refractivity contribution < 1.29 is 20.1 Å². The van der Waals surface area contributed by atoms with E-state index in [0.29, 0.717) is 17.8 Å². The molecule has 0 spiro atoms. The largest absolute Gasteiger partial charge is 0.516 e. The molecule has 192 valence electrons. The molecule has 3 N–H and O–H groups in total. The molecule has 5 aliphatic carbocycles. The second-order valence-electron chi connectivity index (χ2n) is 14.5. The topological polar surface area (TPSA) is 77.8 Å².